The summed E-state index contributed by atoms with van der Waals surface area (Å²) in [5, 5.41) is 0. The van der Waals surface area contributed by atoms with E-state index in [1.165, 1.54) is 0 Å². The molecule has 0 aromatic heterocycles. The third-order valence-electron chi connectivity index (χ3n) is 1.26. The van der Waals surface area contributed by atoms with Gasteiger partial charge in [0.05, 0.1) is 0 Å². The van der Waals surface area contributed by atoms with E-state index < -0.39 is 11.9 Å². The van der Waals surface area contributed by atoms with Crippen LogP contribution in [-0.4, -0.2) is 11.9 Å². The van der Waals surface area contributed by atoms with Crippen LogP contribution in [0.4, 0.5) is 0 Å². The molecule has 1 amide bonds. The summed E-state index contributed by atoms with van der Waals surface area (Å²) >= 11 is 0. The van der Waals surface area contributed by atoms with Crippen LogP contribution in [0.1, 0.15) is 13.3 Å². The molecule has 0 spiro atoms. The molecule has 1 heterocycles. The molecule has 0 radical (unpaired) electrons. The van der Waals surface area contributed by atoms with Gasteiger partial charge < -0.3 is 4.84 Å². The number of hydroxylamine groups is 1. The predicted molar refractivity (Wildman–Crippen MR) is 28.0 cm³/mol. The Morgan fingerprint density at radius 2 is 2.33 bits per heavy atom. The standard InChI is InChI=1S/C5H7NO3/c1-2-3-4(7)6-9-5(3)8/h3H,2H2,1H3,(H,6,7). The Morgan fingerprint density at radius 1 is 1.67 bits per heavy atom. The largest absolute Gasteiger partial charge is 0.344 e. The molecule has 1 aliphatic heterocycles. The molecule has 1 fully saturated rings. The lowest BCUT2D eigenvalue weighted by Crippen LogP contribution is -2.18. The van der Waals surface area contributed by atoms with Crippen LogP contribution >= 0.6 is 0 Å². The van der Waals surface area contributed by atoms with Gasteiger partial charge in [-0.05, 0) is 6.42 Å². The maximum atomic E-state index is 10.6. The average molecular weight is 129 g/mol. The molecule has 0 aromatic carbocycles. The van der Waals surface area contributed by atoms with Gasteiger partial charge in [0.15, 0.2) is 0 Å². The first-order valence-electron chi connectivity index (χ1n) is 2.76. The summed E-state index contributed by atoms with van der Waals surface area (Å²) in [6.45, 7) is 1.76. The smallest absolute Gasteiger partial charge is 0.340 e. The van der Waals surface area contributed by atoms with Gasteiger partial charge in [-0.3, -0.25) is 4.79 Å². The Balaban J connectivity index is 2.66. The summed E-state index contributed by atoms with van der Waals surface area (Å²) in [5.41, 5.74) is 1.98. The number of hydrogen-bond acceptors (Lipinski definition) is 3. The van der Waals surface area contributed by atoms with E-state index in [2.05, 4.69) is 4.84 Å². The SMILES string of the molecule is CCC1C(=O)NOC1=O. The Hall–Kier alpha value is -1.06. The second-order valence-corrected chi connectivity index (χ2v) is 1.85. The van der Waals surface area contributed by atoms with Gasteiger partial charge in [-0.15, -0.1) is 0 Å². The van der Waals surface area contributed by atoms with E-state index >= 15 is 0 Å². The Bertz CT molecular complexity index is 138. The minimum atomic E-state index is -0.579. The monoisotopic (exact) mass is 129 g/mol. The molecule has 1 atom stereocenters. The minimum Gasteiger partial charge on any atom is -0.340 e. The van der Waals surface area contributed by atoms with Crippen LogP contribution < -0.4 is 5.48 Å². The van der Waals surface area contributed by atoms with Crippen molar-refractivity contribution in [2.24, 2.45) is 5.92 Å². The van der Waals surface area contributed by atoms with Crippen molar-refractivity contribution >= 4 is 11.9 Å². The van der Waals surface area contributed by atoms with Gasteiger partial charge in [0.1, 0.15) is 5.92 Å². The molecule has 9 heavy (non-hydrogen) atoms. The lowest BCUT2D eigenvalue weighted by molar-refractivity contribution is -0.146. The quantitative estimate of drug-likeness (QED) is 0.490. The maximum Gasteiger partial charge on any atom is 0.344 e. The molecule has 1 rings (SSSR count). The fourth-order valence-corrected chi connectivity index (χ4v) is 0.702. The summed E-state index contributed by atoms with van der Waals surface area (Å²) in [5.74, 6) is -1.38. The number of hydrogen-bond donors (Lipinski definition) is 1. The van der Waals surface area contributed by atoms with Crippen molar-refractivity contribution in [3.8, 4) is 0 Å². The van der Waals surface area contributed by atoms with E-state index in [1.807, 2.05) is 5.48 Å². The molecule has 0 aliphatic carbocycles. The highest BCUT2D eigenvalue weighted by atomic mass is 16.7. The third kappa shape index (κ3) is 0.872. The number of rotatable bonds is 1. The van der Waals surface area contributed by atoms with Crippen LogP contribution in [-0.2, 0) is 14.4 Å². The van der Waals surface area contributed by atoms with E-state index in [0.29, 0.717) is 6.42 Å². The van der Waals surface area contributed by atoms with Crippen molar-refractivity contribution in [2.45, 2.75) is 13.3 Å². The highest BCUT2D eigenvalue weighted by Crippen LogP contribution is 2.09. The first-order valence-corrected chi connectivity index (χ1v) is 2.76. The van der Waals surface area contributed by atoms with Crippen LogP contribution in [0.5, 0.6) is 0 Å². The molecular weight excluding hydrogens is 122 g/mol. The van der Waals surface area contributed by atoms with E-state index in [1.54, 1.807) is 6.92 Å². The van der Waals surface area contributed by atoms with E-state index in [-0.39, 0.29) is 5.91 Å². The third-order valence-corrected chi connectivity index (χ3v) is 1.26. The second kappa shape index (κ2) is 2.05. The van der Waals surface area contributed by atoms with Gasteiger partial charge >= 0.3 is 5.97 Å². The first-order chi connectivity index (χ1) is 4.25. The molecular formula is C5H7NO3. The zero-order chi connectivity index (χ0) is 6.85. The van der Waals surface area contributed by atoms with Crippen molar-refractivity contribution in [3.05, 3.63) is 0 Å². The highest BCUT2D eigenvalue weighted by Gasteiger charge is 2.33. The number of carbonyl (C=O) groups excluding carboxylic acids is 2. The van der Waals surface area contributed by atoms with Gasteiger partial charge in [-0.25, -0.2) is 4.79 Å². The number of amides is 1. The summed E-state index contributed by atoms with van der Waals surface area (Å²) in [6.07, 6.45) is 0.505. The Kier molecular flexibility index (Phi) is 1.38. The van der Waals surface area contributed by atoms with Crippen molar-refractivity contribution < 1.29 is 14.4 Å². The number of nitrogens with one attached hydrogen (secondary N) is 1. The zero-order valence-corrected chi connectivity index (χ0v) is 5.01. The van der Waals surface area contributed by atoms with Crippen molar-refractivity contribution in [1.82, 2.24) is 5.48 Å². The van der Waals surface area contributed by atoms with Crippen LogP contribution in [0.15, 0.2) is 0 Å². The predicted octanol–water partition coefficient (Wildman–Crippen LogP) is -0.399. The molecule has 0 bridgehead atoms. The molecule has 1 N–H and O–H groups in total. The molecule has 50 valence electrons. The number of carbonyl (C=O) groups is 2. The summed E-state index contributed by atoms with van der Waals surface area (Å²) in [6, 6.07) is 0. The van der Waals surface area contributed by atoms with E-state index in [0.717, 1.165) is 0 Å². The summed E-state index contributed by atoms with van der Waals surface area (Å²) in [4.78, 5) is 25.3. The fraction of sp³-hybridized carbons (Fsp3) is 0.600. The molecule has 1 unspecified atom stereocenters. The van der Waals surface area contributed by atoms with Crippen LogP contribution in [0.25, 0.3) is 0 Å². The maximum absolute atomic E-state index is 10.6. The van der Waals surface area contributed by atoms with E-state index in [9.17, 15) is 9.59 Å². The van der Waals surface area contributed by atoms with Crippen LogP contribution in [0.3, 0.4) is 0 Å². The minimum absolute atomic E-state index is 0.331. The molecule has 1 saturated heterocycles. The highest BCUT2D eigenvalue weighted by molar-refractivity contribution is 6.01. The van der Waals surface area contributed by atoms with E-state index in [4.69, 9.17) is 0 Å². The summed E-state index contributed by atoms with van der Waals surface area (Å²) < 4.78 is 0. The molecule has 0 saturated carbocycles. The zero-order valence-electron chi connectivity index (χ0n) is 5.01. The first kappa shape index (κ1) is 6.07. The van der Waals surface area contributed by atoms with Gasteiger partial charge in [-0.1, -0.05) is 6.92 Å². The Morgan fingerprint density at radius 3 is 2.56 bits per heavy atom. The molecule has 0 aromatic rings. The fourth-order valence-electron chi connectivity index (χ4n) is 0.702. The lowest BCUT2D eigenvalue weighted by Gasteiger charge is -1.91. The van der Waals surface area contributed by atoms with Gasteiger partial charge in [-0.2, -0.15) is 5.48 Å². The molecule has 4 heteroatoms. The van der Waals surface area contributed by atoms with Crippen molar-refractivity contribution in [3.63, 3.8) is 0 Å². The van der Waals surface area contributed by atoms with Gasteiger partial charge in [0.2, 0.25) is 0 Å². The van der Waals surface area contributed by atoms with Crippen molar-refractivity contribution in [2.75, 3.05) is 0 Å². The normalized spacial score (nSPS) is 25.7. The van der Waals surface area contributed by atoms with Gasteiger partial charge in [0, 0.05) is 0 Å². The Labute approximate surface area is 52.1 Å². The molecule has 4 nitrogen and oxygen atoms in total. The summed E-state index contributed by atoms with van der Waals surface area (Å²) in [7, 11) is 0. The topological polar surface area (TPSA) is 55.4 Å². The lowest BCUT2D eigenvalue weighted by atomic mass is 10.1. The van der Waals surface area contributed by atoms with Crippen LogP contribution in [0.2, 0.25) is 0 Å². The van der Waals surface area contributed by atoms with Crippen LogP contribution in [0, 0.1) is 5.92 Å². The second-order valence-electron chi connectivity index (χ2n) is 1.85. The average Bonchev–Trinajstić information content (AvgIpc) is 2.12. The molecule has 1 aliphatic rings. The van der Waals surface area contributed by atoms with Gasteiger partial charge in [0.25, 0.3) is 5.91 Å². The van der Waals surface area contributed by atoms with Crippen molar-refractivity contribution in [1.29, 1.82) is 0 Å².